The maximum atomic E-state index is 12.2. The van der Waals surface area contributed by atoms with E-state index < -0.39 is 16.5 Å². The largest absolute Gasteiger partial charge is 0.486 e. The van der Waals surface area contributed by atoms with Gasteiger partial charge < -0.3 is 9.47 Å². The molecule has 0 spiro atoms. The van der Waals surface area contributed by atoms with E-state index in [4.69, 9.17) is 14.7 Å². The lowest BCUT2D eigenvalue weighted by molar-refractivity contribution is 0.158. The van der Waals surface area contributed by atoms with Gasteiger partial charge in [0.15, 0.2) is 5.75 Å². The van der Waals surface area contributed by atoms with E-state index in [2.05, 4.69) is 6.07 Å². The standard InChI is InChI=1S/C19H17NO4/c1-10(2)23-18-15(16(21)17(18)22)13-8-19(3,4)24-14-6-5-11(9-20)7-12(13)14/h5-8,10H,1-4H3. The van der Waals surface area contributed by atoms with Crippen molar-refractivity contribution in [1.82, 2.24) is 0 Å². The molecular formula is C19H17NO4. The summed E-state index contributed by atoms with van der Waals surface area (Å²) in [5.41, 5.74) is 0.0950. The van der Waals surface area contributed by atoms with Gasteiger partial charge in [0.2, 0.25) is 5.43 Å². The van der Waals surface area contributed by atoms with Gasteiger partial charge in [0.25, 0.3) is 5.43 Å². The minimum atomic E-state index is -0.647. The molecule has 5 heteroatoms. The number of hydrogen-bond acceptors (Lipinski definition) is 5. The van der Waals surface area contributed by atoms with Crippen molar-refractivity contribution in [2.45, 2.75) is 39.4 Å². The number of fused-ring (bicyclic) bond motifs is 1. The number of ether oxygens (including phenoxy) is 2. The molecule has 24 heavy (non-hydrogen) atoms. The number of nitrogens with zero attached hydrogens (tertiary/aromatic N) is 1. The number of hydrogen-bond donors (Lipinski definition) is 0. The summed E-state index contributed by atoms with van der Waals surface area (Å²) in [4.78, 5) is 24.1. The lowest BCUT2D eigenvalue weighted by atomic mass is 9.86. The summed E-state index contributed by atoms with van der Waals surface area (Å²) in [6, 6.07) is 7.10. The van der Waals surface area contributed by atoms with Gasteiger partial charge in [0.05, 0.1) is 23.3 Å². The SMILES string of the molecule is CC(C)Oc1c(C2=CC(C)(C)Oc3ccc(C#N)cc32)c(=O)c1=O. The molecule has 5 nitrogen and oxygen atoms in total. The van der Waals surface area contributed by atoms with Gasteiger partial charge in [0.1, 0.15) is 11.4 Å². The molecule has 122 valence electrons. The van der Waals surface area contributed by atoms with Crippen molar-refractivity contribution in [2.24, 2.45) is 0 Å². The molecule has 0 unspecified atom stereocenters. The van der Waals surface area contributed by atoms with E-state index in [0.29, 0.717) is 22.4 Å². The van der Waals surface area contributed by atoms with E-state index in [1.807, 2.05) is 13.8 Å². The van der Waals surface area contributed by atoms with Crippen LogP contribution in [0.25, 0.3) is 5.57 Å². The fourth-order valence-electron chi connectivity index (χ4n) is 2.81. The van der Waals surface area contributed by atoms with Crippen LogP contribution in [0.4, 0.5) is 0 Å². The van der Waals surface area contributed by atoms with Crippen molar-refractivity contribution >= 4 is 5.57 Å². The van der Waals surface area contributed by atoms with Crippen molar-refractivity contribution in [3.8, 4) is 17.6 Å². The van der Waals surface area contributed by atoms with E-state index in [-0.39, 0.29) is 17.4 Å². The number of rotatable bonds is 3. The Morgan fingerprint density at radius 2 is 1.92 bits per heavy atom. The van der Waals surface area contributed by atoms with E-state index >= 15 is 0 Å². The molecule has 1 aliphatic heterocycles. The second-order valence-electron chi connectivity index (χ2n) is 6.62. The van der Waals surface area contributed by atoms with Crippen LogP contribution >= 0.6 is 0 Å². The summed E-state index contributed by atoms with van der Waals surface area (Å²) < 4.78 is 11.4. The van der Waals surface area contributed by atoms with E-state index in [9.17, 15) is 9.59 Å². The monoisotopic (exact) mass is 323 g/mol. The van der Waals surface area contributed by atoms with Crippen LogP contribution in [0, 0.1) is 11.3 Å². The normalized spacial score (nSPS) is 15.4. The van der Waals surface area contributed by atoms with Gasteiger partial charge >= 0.3 is 0 Å². The van der Waals surface area contributed by atoms with Gasteiger partial charge in [-0.2, -0.15) is 5.26 Å². The summed E-state index contributed by atoms with van der Waals surface area (Å²) in [5, 5.41) is 9.13. The van der Waals surface area contributed by atoms with E-state index in [1.54, 1.807) is 38.1 Å². The first-order chi connectivity index (χ1) is 11.2. The Kier molecular flexibility index (Phi) is 3.56. The zero-order valence-electron chi connectivity index (χ0n) is 14.0. The predicted molar refractivity (Wildman–Crippen MR) is 90.1 cm³/mol. The van der Waals surface area contributed by atoms with Gasteiger partial charge in [-0.3, -0.25) is 9.59 Å². The van der Waals surface area contributed by atoms with Crippen molar-refractivity contribution < 1.29 is 9.47 Å². The molecule has 2 aromatic carbocycles. The van der Waals surface area contributed by atoms with Crippen LogP contribution in [0.5, 0.6) is 11.5 Å². The van der Waals surface area contributed by atoms with E-state index in [1.165, 1.54) is 0 Å². The molecule has 0 fully saturated rings. The lowest BCUT2D eigenvalue weighted by Crippen LogP contribution is -2.39. The zero-order valence-corrected chi connectivity index (χ0v) is 14.0. The summed E-state index contributed by atoms with van der Waals surface area (Å²) in [5.74, 6) is 0.660. The third kappa shape index (κ3) is 2.50. The Morgan fingerprint density at radius 1 is 1.21 bits per heavy atom. The van der Waals surface area contributed by atoms with Crippen molar-refractivity contribution in [3.63, 3.8) is 0 Å². The van der Waals surface area contributed by atoms with Gasteiger partial charge in [0, 0.05) is 11.1 Å². The molecule has 0 saturated heterocycles. The average Bonchev–Trinajstić information content (AvgIpc) is 2.52. The second-order valence-corrected chi connectivity index (χ2v) is 6.62. The van der Waals surface area contributed by atoms with Gasteiger partial charge in [-0.05, 0) is 52.0 Å². The first kappa shape index (κ1) is 16.0. The Morgan fingerprint density at radius 3 is 2.54 bits per heavy atom. The topological polar surface area (TPSA) is 76.4 Å². The number of nitriles is 1. The zero-order chi connectivity index (χ0) is 17.6. The van der Waals surface area contributed by atoms with Crippen LogP contribution in [0.15, 0.2) is 33.9 Å². The van der Waals surface area contributed by atoms with Crippen molar-refractivity contribution in [2.75, 3.05) is 0 Å². The molecule has 0 atom stereocenters. The molecule has 3 rings (SSSR count). The Hall–Kier alpha value is -2.87. The summed E-state index contributed by atoms with van der Waals surface area (Å²) in [6.07, 6.45) is 1.57. The minimum Gasteiger partial charge on any atom is -0.486 e. The molecule has 2 aromatic rings. The minimum absolute atomic E-state index is 0.0901. The molecule has 0 N–H and O–H groups in total. The van der Waals surface area contributed by atoms with Crippen molar-refractivity contribution in [1.29, 1.82) is 5.26 Å². The second kappa shape index (κ2) is 5.34. The first-order valence-electron chi connectivity index (χ1n) is 7.70. The van der Waals surface area contributed by atoms with Gasteiger partial charge in [-0.15, -0.1) is 0 Å². The van der Waals surface area contributed by atoms with Gasteiger partial charge in [-0.25, -0.2) is 0 Å². The molecule has 0 aliphatic carbocycles. The predicted octanol–water partition coefficient (Wildman–Crippen LogP) is 2.54. The molecule has 0 amide bonds. The van der Waals surface area contributed by atoms with Gasteiger partial charge in [-0.1, -0.05) is 0 Å². The molecule has 0 saturated carbocycles. The molecule has 0 bridgehead atoms. The third-order valence-corrected chi connectivity index (χ3v) is 3.75. The fraction of sp³-hybridized carbons (Fsp3) is 0.316. The van der Waals surface area contributed by atoms with Crippen LogP contribution in [-0.2, 0) is 0 Å². The van der Waals surface area contributed by atoms with Crippen LogP contribution in [0.3, 0.4) is 0 Å². The summed E-state index contributed by atoms with van der Waals surface area (Å²) in [7, 11) is 0. The third-order valence-electron chi connectivity index (χ3n) is 3.75. The maximum Gasteiger partial charge on any atom is 0.268 e. The molecule has 1 aliphatic rings. The molecule has 0 radical (unpaired) electrons. The molecular weight excluding hydrogens is 306 g/mol. The first-order valence-corrected chi connectivity index (χ1v) is 7.70. The Bertz CT molecular complexity index is 966. The summed E-state index contributed by atoms with van der Waals surface area (Å²) >= 11 is 0. The fourth-order valence-corrected chi connectivity index (χ4v) is 2.81. The highest BCUT2D eigenvalue weighted by molar-refractivity contribution is 5.88. The van der Waals surface area contributed by atoms with Crippen LogP contribution in [-0.4, -0.2) is 11.7 Å². The van der Waals surface area contributed by atoms with E-state index in [0.717, 1.165) is 0 Å². The van der Waals surface area contributed by atoms with Crippen LogP contribution in [0.1, 0.15) is 44.4 Å². The average molecular weight is 323 g/mol. The molecule has 0 aromatic heterocycles. The quantitative estimate of drug-likeness (QED) is 0.811. The van der Waals surface area contributed by atoms with Crippen LogP contribution < -0.4 is 20.3 Å². The highest BCUT2D eigenvalue weighted by atomic mass is 16.5. The number of benzene rings is 1. The Labute approximate surface area is 139 Å². The smallest absolute Gasteiger partial charge is 0.268 e. The highest BCUT2D eigenvalue weighted by Gasteiger charge is 2.34. The Balaban J connectivity index is 2.23. The summed E-state index contributed by atoms with van der Waals surface area (Å²) in [6.45, 7) is 7.32. The lowest BCUT2D eigenvalue weighted by Gasteiger charge is -2.32. The van der Waals surface area contributed by atoms with Crippen LogP contribution in [0.2, 0.25) is 0 Å². The maximum absolute atomic E-state index is 12.2. The molecule has 1 heterocycles. The highest BCUT2D eigenvalue weighted by Crippen LogP contribution is 2.41. The van der Waals surface area contributed by atoms with Crippen molar-refractivity contribution in [3.05, 3.63) is 61.4 Å².